The molecule has 0 saturated heterocycles. The maximum Gasteiger partial charge on any atom is 0.159 e. The van der Waals surface area contributed by atoms with Crippen LogP contribution >= 0.6 is 0 Å². The molecule has 0 fully saturated rings. The van der Waals surface area contributed by atoms with Gasteiger partial charge in [0.05, 0.1) is 11.4 Å². The smallest absolute Gasteiger partial charge is 0.159 e. The Morgan fingerprint density at radius 3 is 1.60 bits per heavy atom. The minimum Gasteiger partial charge on any atom is -0.454 e. The lowest BCUT2D eigenvalue weighted by Gasteiger charge is -2.37. The molecule has 0 N–H and O–H groups in total. The Hall–Kier alpha value is -7.62. The number of furan rings is 1. The van der Waals surface area contributed by atoms with E-state index in [2.05, 4.69) is 224 Å². The molecule has 0 atom stereocenters. The van der Waals surface area contributed by atoms with E-state index in [0.717, 1.165) is 56.1 Å². The molecular formula is C57H40N2O. The molecule has 0 bridgehead atoms. The molecule has 1 heterocycles. The number of hydrogen-bond donors (Lipinski definition) is 0. The fourth-order valence-electron chi connectivity index (χ4n) is 10.0. The van der Waals surface area contributed by atoms with Gasteiger partial charge in [-0.3, -0.25) is 0 Å². The first kappa shape index (κ1) is 34.4. The summed E-state index contributed by atoms with van der Waals surface area (Å²) in [6.45, 7) is 4.78. The van der Waals surface area contributed by atoms with Crippen LogP contribution < -0.4 is 9.80 Å². The van der Waals surface area contributed by atoms with Crippen LogP contribution in [-0.2, 0) is 5.41 Å². The second kappa shape index (κ2) is 13.2. The molecule has 1 aromatic heterocycles. The Labute approximate surface area is 349 Å². The third-order valence-corrected chi connectivity index (χ3v) is 12.8. The number of benzene rings is 10. The maximum absolute atomic E-state index is 6.65. The fraction of sp³-hybridized carbons (Fsp3) is 0.0526. The lowest BCUT2D eigenvalue weighted by molar-refractivity contribution is 0.645. The van der Waals surface area contributed by atoms with E-state index in [-0.39, 0.29) is 5.41 Å². The number of anilines is 6. The van der Waals surface area contributed by atoms with Crippen molar-refractivity contribution in [2.24, 2.45) is 0 Å². The first-order chi connectivity index (χ1) is 29.5. The van der Waals surface area contributed by atoms with Gasteiger partial charge in [0, 0.05) is 44.3 Å². The van der Waals surface area contributed by atoms with Gasteiger partial charge in [-0.25, -0.2) is 0 Å². The van der Waals surface area contributed by atoms with Crippen LogP contribution in [0.3, 0.4) is 0 Å². The molecular weight excluding hydrogens is 729 g/mol. The zero-order chi connectivity index (χ0) is 40.0. The molecule has 0 radical (unpaired) electrons. The van der Waals surface area contributed by atoms with E-state index < -0.39 is 0 Å². The van der Waals surface area contributed by atoms with Crippen LogP contribution in [0.4, 0.5) is 34.1 Å². The predicted octanol–water partition coefficient (Wildman–Crippen LogP) is 16.3. The summed E-state index contributed by atoms with van der Waals surface area (Å²) in [5.41, 5.74) is 13.3. The van der Waals surface area contributed by atoms with Crippen LogP contribution in [0.5, 0.6) is 0 Å². The predicted molar refractivity (Wildman–Crippen MR) is 253 cm³/mol. The van der Waals surface area contributed by atoms with Gasteiger partial charge in [0.2, 0.25) is 0 Å². The summed E-state index contributed by atoms with van der Waals surface area (Å²) < 4.78 is 6.65. The Bertz CT molecular complexity index is 3420. The van der Waals surface area contributed by atoms with Gasteiger partial charge in [-0.05, 0) is 122 Å². The number of para-hydroxylation sites is 5. The van der Waals surface area contributed by atoms with Gasteiger partial charge in [-0.1, -0.05) is 147 Å². The van der Waals surface area contributed by atoms with Crippen molar-refractivity contribution < 1.29 is 4.42 Å². The van der Waals surface area contributed by atoms with Crippen LogP contribution in [0, 0.1) is 0 Å². The summed E-state index contributed by atoms with van der Waals surface area (Å²) in [4.78, 5) is 4.76. The Kier molecular flexibility index (Phi) is 7.58. The maximum atomic E-state index is 6.65. The van der Waals surface area contributed by atoms with Gasteiger partial charge in [0.25, 0.3) is 0 Å². The first-order valence-electron chi connectivity index (χ1n) is 20.8. The average molecular weight is 769 g/mol. The number of rotatable bonds is 6. The third-order valence-electron chi connectivity index (χ3n) is 12.8. The molecule has 0 spiro atoms. The zero-order valence-electron chi connectivity index (χ0n) is 33.4. The highest BCUT2D eigenvalue weighted by atomic mass is 16.3. The van der Waals surface area contributed by atoms with E-state index in [1.54, 1.807) is 0 Å². The fourth-order valence-corrected chi connectivity index (χ4v) is 10.0. The van der Waals surface area contributed by atoms with Gasteiger partial charge in [0.15, 0.2) is 5.58 Å². The van der Waals surface area contributed by atoms with Gasteiger partial charge in [0.1, 0.15) is 5.58 Å². The van der Waals surface area contributed by atoms with E-state index in [4.69, 9.17) is 4.42 Å². The van der Waals surface area contributed by atoms with E-state index in [0.29, 0.717) is 0 Å². The van der Waals surface area contributed by atoms with Crippen LogP contribution in [-0.4, -0.2) is 0 Å². The molecule has 1 aliphatic rings. The minimum absolute atomic E-state index is 0.293. The van der Waals surface area contributed by atoms with Crippen molar-refractivity contribution in [3.05, 3.63) is 217 Å². The summed E-state index contributed by atoms with van der Waals surface area (Å²) >= 11 is 0. The second-order valence-electron chi connectivity index (χ2n) is 16.5. The van der Waals surface area contributed by atoms with E-state index in [1.165, 1.54) is 54.6 Å². The van der Waals surface area contributed by atoms with Gasteiger partial charge >= 0.3 is 0 Å². The van der Waals surface area contributed by atoms with Crippen molar-refractivity contribution >= 4 is 88.4 Å². The van der Waals surface area contributed by atoms with Crippen LogP contribution in [0.15, 0.2) is 211 Å². The summed E-state index contributed by atoms with van der Waals surface area (Å²) in [5.74, 6) is 0. The summed E-state index contributed by atoms with van der Waals surface area (Å²) in [7, 11) is 0. The molecule has 11 aromatic rings. The summed E-state index contributed by atoms with van der Waals surface area (Å²) in [6.07, 6.45) is 0. The lowest BCUT2D eigenvalue weighted by Crippen LogP contribution is -2.24. The number of fused-ring (bicyclic) bond motifs is 9. The van der Waals surface area contributed by atoms with E-state index in [9.17, 15) is 0 Å². The van der Waals surface area contributed by atoms with Crippen molar-refractivity contribution in [3.63, 3.8) is 0 Å². The van der Waals surface area contributed by atoms with Gasteiger partial charge in [-0.2, -0.15) is 0 Å². The minimum atomic E-state index is -0.293. The van der Waals surface area contributed by atoms with E-state index >= 15 is 0 Å². The number of hydrogen-bond acceptors (Lipinski definition) is 3. The quantitative estimate of drug-likeness (QED) is 0.157. The highest BCUT2D eigenvalue weighted by molar-refractivity contribution is 6.25. The highest BCUT2D eigenvalue weighted by Crippen LogP contribution is 2.54. The third kappa shape index (κ3) is 5.09. The average Bonchev–Trinajstić information content (AvgIpc) is 3.69. The summed E-state index contributed by atoms with van der Waals surface area (Å²) in [5, 5.41) is 9.80. The molecule has 0 saturated carbocycles. The normalized spacial score (nSPS) is 13.0. The molecule has 1 aliphatic carbocycles. The Balaban J connectivity index is 1.10. The molecule has 60 heavy (non-hydrogen) atoms. The van der Waals surface area contributed by atoms with Crippen LogP contribution in [0.1, 0.15) is 25.0 Å². The molecule has 0 aliphatic heterocycles. The first-order valence-corrected chi connectivity index (χ1v) is 20.8. The standard InChI is InChI=1S/C57H40N2O/c1-57(2)50-29-16-27-45-48-36-53(58(37-18-6-3-7-19-37)38-20-8-4-9-21-38)43-25-13-12-24-41(43)47(48)35-49(55(45)50)42-33-32-40(34-51(42)57)59(39-22-10-5-11-23-39)52-30-17-28-46-44-26-14-15-31-54(44)60-56(46)52/h3-36H,1-2H3. The van der Waals surface area contributed by atoms with Crippen molar-refractivity contribution in [3.8, 4) is 11.1 Å². The van der Waals surface area contributed by atoms with Crippen LogP contribution in [0.2, 0.25) is 0 Å². The second-order valence-corrected chi connectivity index (χ2v) is 16.5. The van der Waals surface area contributed by atoms with Gasteiger partial charge in [-0.15, -0.1) is 0 Å². The lowest BCUT2D eigenvalue weighted by atomic mass is 9.68. The molecule has 10 aromatic carbocycles. The Morgan fingerprint density at radius 2 is 0.900 bits per heavy atom. The Morgan fingerprint density at radius 1 is 0.350 bits per heavy atom. The topological polar surface area (TPSA) is 19.6 Å². The molecule has 3 heteroatoms. The summed E-state index contributed by atoms with van der Waals surface area (Å²) in [6, 6.07) is 74.8. The van der Waals surface area contributed by atoms with Crippen molar-refractivity contribution in [1.29, 1.82) is 0 Å². The highest BCUT2D eigenvalue weighted by Gasteiger charge is 2.35. The molecule has 284 valence electrons. The zero-order valence-corrected chi connectivity index (χ0v) is 33.4. The van der Waals surface area contributed by atoms with Crippen LogP contribution in [0.25, 0.3) is 65.4 Å². The van der Waals surface area contributed by atoms with Crippen molar-refractivity contribution in [2.75, 3.05) is 9.80 Å². The molecule has 12 rings (SSSR count). The molecule has 3 nitrogen and oxygen atoms in total. The van der Waals surface area contributed by atoms with Crippen molar-refractivity contribution in [2.45, 2.75) is 19.3 Å². The largest absolute Gasteiger partial charge is 0.454 e. The van der Waals surface area contributed by atoms with Gasteiger partial charge < -0.3 is 14.2 Å². The molecule has 0 unspecified atom stereocenters. The van der Waals surface area contributed by atoms with Crippen molar-refractivity contribution in [1.82, 2.24) is 0 Å². The molecule has 0 amide bonds. The SMILES string of the molecule is CC1(C)c2cc(N(c3ccccc3)c3cccc4c3oc3ccccc34)ccc2-c2cc3c4ccccc4c(N(c4ccccc4)c4ccccc4)cc3c3cccc1c23. The number of nitrogens with zero attached hydrogens (tertiary/aromatic N) is 2. The van der Waals surface area contributed by atoms with E-state index in [1.807, 2.05) is 6.07 Å². The monoisotopic (exact) mass is 768 g/mol.